The Bertz CT molecular complexity index is 734. The Hall–Kier alpha value is -1.71. The highest BCUT2D eigenvalue weighted by Crippen LogP contribution is 2.23. The molecule has 100 valence electrons. The number of rotatable bonds is 3. The standard InChI is InChI=1S/C17H15BrN2/c18-14-5-3-4-13(10-14)16(19)11-12-8-9-20-17-7-2-1-6-15(12)17/h1-10,16H,11,19H2. The van der Waals surface area contributed by atoms with Gasteiger partial charge in [-0.25, -0.2) is 0 Å². The number of fused-ring (bicyclic) bond motifs is 1. The van der Waals surface area contributed by atoms with Gasteiger partial charge >= 0.3 is 0 Å². The molecule has 0 radical (unpaired) electrons. The Morgan fingerprint density at radius 1 is 1.05 bits per heavy atom. The number of hydrogen-bond donors (Lipinski definition) is 1. The molecule has 3 heteroatoms. The average molecular weight is 327 g/mol. The van der Waals surface area contributed by atoms with Crippen molar-refractivity contribution in [3.05, 3.63) is 76.4 Å². The Morgan fingerprint density at radius 3 is 2.75 bits per heavy atom. The second kappa shape index (κ2) is 5.73. The van der Waals surface area contributed by atoms with E-state index >= 15 is 0 Å². The number of benzene rings is 2. The highest BCUT2D eigenvalue weighted by Gasteiger charge is 2.10. The predicted molar refractivity (Wildman–Crippen MR) is 86.5 cm³/mol. The van der Waals surface area contributed by atoms with E-state index in [-0.39, 0.29) is 6.04 Å². The Kier molecular flexibility index (Phi) is 3.81. The van der Waals surface area contributed by atoms with Gasteiger partial charge in [0.15, 0.2) is 0 Å². The van der Waals surface area contributed by atoms with Crippen molar-refractivity contribution in [1.29, 1.82) is 0 Å². The van der Waals surface area contributed by atoms with Gasteiger partial charge in [-0.05, 0) is 41.8 Å². The van der Waals surface area contributed by atoms with Crippen LogP contribution in [0.5, 0.6) is 0 Å². The van der Waals surface area contributed by atoms with Crippen molar-refractivity contribution >= 4 is 26.8 Å². The van der Waals surface area contributed by atoms with Crippen LogP contribution in [-0.2, 0) is 6.42 Å². The van der Waals surface area contributed by atoms with Gasteiger partial charge in [-0.15, -0.1) is 0 Å². The molecule has 3 aromatic rings. The molecule has 0 bridgehead atoms. The number of nitrogens with zero attached hydrogens (tertiary/aromatic N) is 1. The van der Waals surface area contributed by atoms with E-state index in [1.54, 1.807) is 0 Å². The SMILES string of the molecule is NC(Cc1ccnc2ccccc12)c1cccc(Br)c1. The molecule has 0 aliphatic heterocycles. The number of halogens is 1. The van der Waals surface area contributed by atoms with Crippen molar-refractivity contribution in [2.75, 3.05) is 0 Å². The van der Waals surface area contributed by atoms with Crippen molar-refractivity contribution in [2.45, 2.75) is 12.5 Å². The summed E-state index contributed by atoms with van der Waals surface area (Å²) in [5.41, 5.74) is 9.74. The second-order valence-electron chi connectivity index (χ2n) is 4.85. The highest BCUT2D eigenvalue weighted by atomic mass is 79.9. The summed E-state index contributed by atoms with van der Waals surface area (Å²) < 4.78 is 1.06. The molecule has 0 saturated heterocycles. The Morgan fingerprint density at radius 2 is 1.90 bits per heavy atom. The highest BCUT2D eigenvalue weighted by molar-refractivity contribution is 9.10. The zero-order valence-electron chi connectivity index (χ0n) is 11.0. The van der Waals surface area contributed by atoms with Crippen molar-refractivity contribution in [1.82, 2.24) is 4.98 Å². The summed E-state index contributed by atoms with van der Waals surface area (Å²) in [6.07, 6.45) is 2.66. The quantitative estimate of drug-likeness (QED) is 0.781. The molecule has 0 amide bonds. The molecule has 20 heavy (non-hydrogen) atoms. The molecule has 0 spiro atoms. The van der Waals surface area contributed by atoms with Crippen LogP contribution in [-0.4, -0.2) is 4.98 Å². The van der Waals surface area contributed by atoms with Crippen LogP contribution in [0.3, 0.4) is 0 Å². The molecule has 1 heterocycles. The van der Waals surface area contributed by atoms with Crippen LogP contribution in [0.15, 0.2) is 65.3 Å². The predicted octanol–water partition coefficient (Wildman–Crippen LogP) is 4.24. The van der Waals surface area contributed by atoms with Gasteiger partial charge in [-0.2, -0.15) is 0 Å². The van der Waals surface area contributed by atoms with Crippen LogP contribution >= 0.6 is 15.9 Å². The minimum atomic E-state index is -0.0155. The van der Waals surface area contributed by atoms with Crippen molar-refractivity contribution in [3.63, 3.8) is 0 Å². The molecule has 2 nitrogen and oxygen atoms in total. The molecule has 2 N–H and O–H groups in total. The second-order valence-corrected chi connectivity index (χ2v) is 5.77. The van der Waals surface area contributed by atoms with E-state index in [0.29, 0.717) is 0 Å². The van der Waals surface area contributed by atoms with E-state index in [0.717, 1.165) is 22.0 Å². The summed E-state index contributed by atoms with van der Waals surface area (Å²) in [5.74, 6) is 0. The molecule has 0 fully saturated rings. The Labute approximate surface area is 126 Å². The maximum atomic E-state index is 6.35. The third-order valence-electron chi connectivity index (χ3n) is 3.46. The first-order valence-corrected chi connectivity index (χ1v) is 7.37. The molecule has 1 unspecified atom stereocenters. The van der Waals surface area contributed by atoms with Crippen LogP contribution < -0.4 is 5.73 Å². The minimum Gasteiger partial charge on any atom is -0.324 e. The first kappa shape index (κ1) is 13.3. The average Bonchev–Trinajstić information content (AvgIpc) is 2.47. The third kappa shape index (κ3) is 2.74. The number of pyridine rings is 1. The third-order valence-corrected chi connectivity index (χ3v) is 3.95. The largest absolute Gasteiger partial charge is 0.324 e. The van der Waals surface area contributed by atoms with Crippen molar-refractivity contribution < 1.29 is 0 Å². The summed E-state index contributed by atoms with van der Waals surface area (Å²) >= 11 is 3.49. The van der Waals surface area contributed by atoms with E-state index < -0.39 is 0 Å². The van der Waals surface area contributed by atoms with Gasteiger partial charge in [0, 0.05) is 22.1 Å². The van der Waals surface area contributed by atoms with E-state index in [4.69, 9.17) is 5.73 Å². The summed E-state index contributed by atoms with van der Waals surface area (Å²) in [5, 5.41) is 1.18. The lowest BCUT2D eigenvalue weighted by Crippen LogP contribution is -2.13. The van der Waals surface area contributed by atoms with Gasteiger partial charge in [0.2, 0.25) is 0 Å². The van der Waals surface area contributed by atoms with Gasteiger partial charge in [0.1, 0.15) is 0 Å². The van der Waals surface area contributed by atoms with Crippen LogP contribution in [0.25, 0.3) is 10.9 Å². The van der Waals surface area contributed by atoms with E-state index in [1.807, 2.05) is 36.5 Å². The lowest BCUT2D eigenvalue weighted by molar-refractivity contribution is 0.724. The molecular formula is C17H15BrN2. The fourth-order valence-electron chi connectivity index (χ4n) is 2.43. The van der Waals surface area contributed by atoms with E-state index in [9.17, 15) is 0 Å². The number of para-hydroxylation sites is 1. The monoisotopic (exact) mass is 326 g/mol. The zero-order chi connectivity index (χ0) is 13.9. The van der Waals surface area contributed by atoms with Crippen LogP contribution in [0.1, 0.15) is 17.2 Å². The van der Waals surface area contributed by atoms with Crippen molar-refractivity contribution in [2.24, 2.45) is 5.73 Å². The number of aromatic nitrogens is 1. The van der Waals surface area contributed by atoms with Crippen LogP contribution in [0.2, 0.25) is 0 Å². The van der Waals surface area contributed by atoms with Gasteiger partial charge in [-0.1, -0.05) is 46.3 Å². The molecule has 0 saturated carbocycles. The molecule has 3 rings (SSSR count). The molecule has 1 aromatic heterocycles. The summed E-state index contributed by atoms with van der Waals surface area (Å²) in [7, 11) is 0. The first-order valence-electron chi connectivity index (χ1n) is 6.58. The summed E-state index contributed by atoms with van der Waals surface area (Å²) in [6.45, 7) is 0. The number of nitrogens with two attached hydrogens (primary N) is 1. The van der Waals surface area contributed by atoms with Gasteiger partial charge in [0.05, 0.1) is 5.52 Å². The number of hydrogen-bond acceptors (Lipinski definition) is 2. The van der Waals surface area contributed by atoms with Gasteiger partial charge < -0.3 is 5.73 Å². The molecule has 1 atom stereocenters. The molecule has 0 aliphatic rings. The molecule has 2 aromatic carbocycles. The lowest BCUT2D eigenvalue weighted by atomic mass is 9.97. The Balaban J connectivity index is 1.93. The maximum absolute atomic E-state index is 6.35. The minimum absolute atomic E-state index is 0.0155. The smallest absolute Gasteiger partial charge is 0.0704 e. The topological polar surface area (TPSA) is 38.9 Å². The fraction of sp³-hybridized carbons (Fsp3) is 0.118. The zero-order valence-corrected chi connectivity index (χ0v) is 12.5. The summed E-state index contributed by atoms with van der Waals surface area (Å²) in [4.78, 5) is 4.39. The normalized spacial score (nSPS) is 12.5. The van der Waals surface area contributed by atoms with E-state index in [1.165, 1.54) is 10.9 Å². The van der Waals surface area contributed by atoms with Gasteiger partial charge in [-0.3, -0.25) is 4.98 Å². The van der Waals surface area contributed by atoms with Crippen LogP contribution in [0, 0.1) is 0 Å². The van der Waals surface area contributed by atoms with Crippen LogP contribution in [0.4, 0.5) is 0 Å². The fourth-order valence-corrected chi connectivity index (χ4v) is 2.84. The maximum Gasteiger partial charge on any atom is 0.0704 e. The first-order chi connectivity index (χ1) is 9.74. The molecule has 0 aliphatic carbocycles. The molecular weight excluding hydrogens is 312 g/mol. The lowest BCUT2D eigenvalue weighted by Gasteiger charge is -2.14. The van der Waals surface area contributed by atoms with E-state index in [2.05, 4.69) is 45.2 Å². The summed E-state index contributed by atoms with van der Waals surface area (Å²) in [6, 6.07) is 18.4. The van der Waals surface area contributed by atoms with Crippen molar-refractivity contribution in [3.8, 4) is 0 Å². The van der Waals surface area contributed by atoms with Gasteiger partial charge in [0.25, 0.3) is 0 Å².